The number of nitrogens with one attached hydrogen (secondary N) is 1. The summed E-state index contributed by atoms with van der Waals surface area (Å²) in [5.41, 5.74) is 4.95. The second-order valence-electron chi connectivity index (χ2n) is 3.94. The van der Waals surface area contributed by atoms with Crippen molar-refractivity contribution in [3.8, 4) is 0 Å². The summed E-state index contributed by atoms with van der Waals surface area (Å²) >= 11 is 0. The molecule has 2 aliphatic rings. The highest BCUT2D eigenvalue weighted by molar-refractivity contribution is 6.06. The lowest BCUT2D eigenvalue weighted by Crippen LogP contribution is -2.42. The molecule has 82 valence electrons. The van der Waals surface area contributed by atoms with Crippen LogP contribution in [0.25, 0.3) is 0 Å². The molecule has 2 fully saturated rings. The third-order valence-corrected chi connectivity index (χ3v) is 2.62. The van der Waals surface area contributed by atoms with Crippen LogP contribution in [-0.4, -0.2) is 41.2 Å². The first-order valence-corrected chi connectivity index (χ1v) is 4.97. The van der Waals surface area contributed by atoms with Crippen molar-refractivity contribution in [1.29, 1.82) is 0 Å². The monoisotopic (exact) mass is 211 g/mol. The molecule has 3 N–H and O–H groups in total. The molecule has 0 aromatic heterocycles. The number of imide groups is 1. The second kappa shape index (κ2) is 3.62. The Balaban J connectivity index is 1.95. The van der Waals surface area contributed by atoms with Crippen molar-refractivity contribution in [3.63, 3.8) is 0 Å². The molecule has 0 aromatic rings. The Hall–Kier alpha value is -1.43. The third-order valence-electron chi connectivity index (χ3n) is 2.62. The lowest BCUT2D eigenvalue weighted by atomic mass is 10.2. The van der Waals surface area contributed by atoms with Crippen LogP contribution in [0.4, 0.5) is 0 Å². The predicted octanol–water partition coefficient (Wildman–Crippen LogP) is -1.65. The van der Waals surface area contributed by atoms with E-state index in [2.05, 4.69) is 5.32 Å². The average molecular weight is 211 g/mol. The Labute approximate surface area is 86.8 Å². The topological polar surface area (TPSA) is 92.5 Å². The van der Waals surface area contributed by atoms with Crippen molar-refractivity contribution in [2.45, 2.75) is 31.3 Å². The molecule has 1 heterocycles. The lowest BCUT2D eigenvalue weighted by Gasteiger charge is -2.13. The SMILES string of the molecule is NC(=O)CNC1CC(=O)N(C2CC2)C1=O. The molecule has 0 spiro atoms. The molecule has 1 unspecified atom stereocenters. The number of primary amides is 1. The second-order valence-corrected chi connectivity index (χ2v) is 3.94. The molecular weight excluding hydrogens is 198 g/mol. The fraction of sp³-hybridized carbons (Fsp3) is 0.667. The number of amides is 3. The van der Waals surface area contributed by atoms with E-state index in [1.807, 2.05) is 0 Å². The first kappa shape index (κ1) is 10.1. The van der Waals surface area contributed by atoms with Gasteiger partial charge in [-0.2, -0.15) is 0 Å². The Bertz CT molecular complexity index is 325. The van der Waals surface area contributed by atoms with Gasteiger partial charge in [0.2, 0.25) is 17.7 Å². The molecule has 1 saturated heterocycles. The van der Waals surface area contributed by atoms with Crippen LogP contribution in [0.3, 0.4) is 0 Å². The highest BCUT2D eigenvalue weighted by atomic mass is 16.2. The van der Waals surface area contributed by atoms with Gasteiger partial charge in [-0.25, -0.2) is 0 Å². The van der Waals surface area contributed by atoms with Crippen LogP contribution < -0.4 is 11.1 Å². The molecule has 1 aliphatic carbocycles. The quantitative estimate of drug-likeness (QED) is 0.545. The first-order valence-electron chi connectivity index (χ1n) is 4.97. The van der Waals surface area contributed by atoms with Crippen LogP contribution in [0.5, 0.6) is 0 Å². The largest absolute Gasteiger partial charge is 0.369 e. The van der Waals surface area contributed by atoms with Crippen molar-refractivity contribution < 1.29 is 14.4 Å². The summed E-state index contributed by atoms with van der Waals surface area (Å²) < 4.78 is 0. The van der Waals surface area contributed by atoms with Gasteiger partial charge in [-0.15, -0.1) is 0 Å². The summed E-state index contributed by atoms with van der Waals surface area (Å²) in [7, 11) is 0. The molecule has 3 amide bonds. The Morgan fingerprint density at radius 2 is 2.13 bits per heavy atom. The summed E-state index contributed by atoms with van der Waals surface area (Å²) in [5, 5.41) is 2.69. The van der Waals surface area contributed by atoms with Crippen molar-refractivity contribution in [3.05, 3.63) is 0 Å². The van der Waals surface area contributed by atoms with Gasteiger partial charge in [0.05, 0.1) is 19.0 Å². The molecule has 6 heteroatoms. The van der Waals surface area contributed by atoms with E-state index in [1.54, 1.807) is 0 Å². The highest BCUT2D eigenvalue weighted by Crippen LogP contribution is 2.31. The predicted molar refractivity (Wildman–Crippen MR) is 50.5 cm³/mol. The highest BCUT2D eigenvalue weighted by Gasteiger charge is 2.45. The van der Waals surface area contributed by atoms with Crippen LogP contribution in [-0.2, 0) is 14.4 Å². The minimum absolute atomic E-state index is 0.0673. The van der Waals surface area contributed by atoms with E-state index >= 15 is 0 Å². The summed E-state index contributed by atoms with van der Waals surface area (Å²) in [4.78, 5) is 35.0. The van der Waals surface area contributed by atoms with E-state index in [0.29, 0.717) is 0 Å². The van der Waals surface area contributed by atoms with Crippen LogP contribution in [0, 0.1) is 0 Å². The number of hydrogen-bond acceptors (Lipinski definition) is 4. The summed E-state index contributed by atoms with van der Waals surface area (Å²) in [6.45, 7) is -0.0673. The molecular formula is C9H13N3O3. The maximum absolute atomic E-state index is 11.7. The average Bonchev–Trinajstić information content (AvgIpc) is 2.92. The smallest absolute Gasteiger partial charge is 0.247 e. The van der Waals surface area contributed by atoms with Crippen LogP contribution in [0.1, 0.15) is 19.3 Å². The van der Waals surface area contributed by atoms with Gasteiger partial charge in [0.15, 0.2) is 0 Å². The Morgan fingerprint density at radius 3 is 2.67 bits per heavy atom. The maximum Gasteiger partial charge on any atom is 0.247 e. The molecule has 1 saturated carbocycles. The summed E-state index contributed by atoms with van der Waals surface area (Å²) in [6.07, 6.45) is 1.95. The number of carbonyl (C=O) groups is 3. The minimum atomic E-state index is -0.564. The van der Waals surface area contributed by atoms with E-state index in [4.69, 9.17) is 5.73 Å². The Morgan fingerprint density at radius 1 is 1.47 bits per heavy atom. The molecule has 0 radical (unpaired) electrons. The van der Waals surface area contributed by atoms with Crippen molar-refractivity contribution >= 4 is 17.7 Å². The molecule has 1 aliphatic heterocycles. The molecule has 1 atom stereocenters. The van der Waals surface area contributed by atoms with E-state index in [-0.39, 0.29) is 30.8 Å². The van der Waals surface area contributed by atoms with E-state index < -0.39 is 11.9 Å². The zero-order chi connectivity index (χ0) is 11.0. The van der Waals surface area contributed by atoms with Gasteiger partial charge in [0.1, 0.15) is 0 Å². The zero-order valence-corrected chi connectivity index (χ0v) is 8.23. The number of nitrogens with zero attached hydrogens (tertiary/aromatic N) is 1. The number of nitrogens with two attached hydrogens (primary N) is 1. The summed E-state index contributed by atoms with van der Waals surface area (Å²) in [6, 6.07) is -0.462. The number of hydrogen-bond donors (Lipinski definition) is 2. The first-order chi connectivity index (χ1) is 7.09. The van der Waals surface area contributed by atoms with Gasteiger partial charge in [0.25, 0.3) is 0 Å². The maximum atomic E-state index is 11.7. The van der Waals surface area contributed by atoms with Gasteiger partial charge in [-0.3, -0.25) is 24.6 Å². The Kier molecular flexibility index (Phi) is 2.44. The number of likely N-dealkylation sites (tertiary alicyclic amines) is 1. The normalized spacial score (nSPS) is 26.1. The van der Waals surface area contributed by atoms with Crippen LogP contribution in [0.15, 0.2) is 0 Å². The molecule has 0 bridgehead atoms. The van der Waals surface area contributed by atoms with Crippen molar-refractivity contribution in [1.82, 2.24) is 10.2 Å². The van der Waals surface area contributed by atoms with Gasteiger partial charge < -0.3 is 5.73 Å². The van der Waals surface area contributed by atoms with E-state index in [9.17, 15) is 14.4 Å². The fourth-order valence-corrected chi connectivity index (χ4v) is 1.75. The zero-order valence-electron chi connectivity index (χ0n) is 8.23. The lowest BCUT2D eigenvalue weighted by molar-refractivity contribution is -0.139. The molecule has 2 rings (SSSR count). The molecule has 15 heavy (non-hydrogen) atoms. The van der Waals surface area contributed by atoms with Gasteiger partial charge in [-0.05, 0) is 12.8 Å². The number of rotatable bonds is 4. The van der Waals surface area contributed by atoms with E-state index in [1.165, 1.54) is 4.90 Å². The van der Waals surface area contributed by atoms with Crippen LogP contribution >= 0.6 is 0 Å². The third kappa shape index (κ3) is 1.99. The molecule has 0 aromatic carbocycles. The van der Waals surface area contributed by atoms with Crippen molar-refractivity contribution in [2.24, 2.45) is 5.73 Å². The van der Waals surface area contributed by atoms with Gasteiger partial charge >= 0.3 is 0 Å². The molecule has 6 nitrogen and oxygen atoms in total. The van der Waals surface area contributed by atoms with Gasteiger partial charge in [-0.1, -0.05) is 0 Å². The fourth-order valence-electron chi connectivity index (χ4n) is 1.75. The van der Waals surface area contributed by atoms with Crippen LogP contribution in [0.2, 0.25) is 0 Å². The minimum Gasteiger partial charge on any atom is -0.369 e. The van der Waals surface area contributed by atoms with Crippen molar-refractivity contribution in [2.75, 3.05) is 6.54 Å². The summed E-state index contributed by atoms with van der Waals surface area (Å²) in [5.74, 6) is -0.895. The standard InChI is InChI=1S/C9H13N3O3/c10-7(13)4-11-6-3-8(14)12(9(6)15)5-1-2-5/h5-6,11H,1-4H2,(H2,10,13). The van der Waals surface area contributed by atoms with Gasteiger partial charge in [0, 0.05) is 6.04 Å². The van der Waals surface area contributed by atoms with E-state index in [0.717, 1.165) is 12.8 Å². The number of carbonyl (C=O) groups excluding carboxylic acids is 3.